The molecule has 1 atom stereocenters. The van der Waals surface area contributed by atoms with Crippen LogP contribution in [-0.2, 0) is 4.79 Å². The van der Waals surface area contributed by atoms with E-state index in [1.807, 2.05) is 0 Å². The molecule has 24 heavy (non-hydrogen) atoms. The summed E-state index contributed by atoms with van der Waals surface area (Å²) in [4.78, 5) is 22.8. The fraction of sp³-hybridized carbons (Fsp3) is 0.231. The Labute approximate surface area is 155 Å². The van der Waals surface area contributed by atoms with Gasteiger partial charge in [0.2, 0.25) is 5.13 Å². The number of amides is 2. The third-order valence-electron chi connectivity index (χ3n) is 2.68. The minimum Gasteiger partial charge on any atom is -0.549 e. The number of benzene rings is 1. The topological polar surface area (TPSA) is 107 Å². The van der Waals surface area contributed by atoms with Crippen molar-refractivity contribution in [3.63, 3.8) is 0 Å². The van der Waals surface area contributed by atoms with Gasteiger partial charge in [-0.1, -0.05) is 53.2 Å². The second-order valence-electron chi connectivity index (χ2n) is 4.41. The van der Waals surface area contributed by atoms with Gasteiger partial charge < -0.3 is 15.2 Å². The lowest BCUT2D eigenvalue weighted by Gasteiger charge is -2.12. The molecule has 1 aromatic heterocycles. The maximum absolute atomic E-state index is 11.9. The Morgan fingerprint density at radius 3 is 2.67 bits per heavy atom. The van der Waals surface area contributed by atoms with Crippen LogP contribution in [0.5, 0.6) is 0 Å². The van der Waals surface area contributed by atoms with E-state index in [2.05, 4.69) is 20.8 Å². The van der Waals surface area contributed by atoms with Gasteiger partial charge in [-0.15, -0.1) is 10.2 Å². The fourth-order valence-corrected chi connectivity index (χ4v) is 3.70. The number of carboxylic acids is 1. The highest BCUT2D eigenvalue weighted by Gasteiger charge is 2.14. The molecule has 2 N–H and O–H groups in total. The van der Waals surface area contributed by atoms with Crippen molar-refractivity contribution < 1.29 is 14.7 Å². The minimum absolute atomic E-state index is 0.239. The van der Waals surface area contributed by atoms with Crippen molar-refractivity contribution in [2.75, 3.05) is 10.6 Å². The van der Waals surface area contributed by atoms with E-state index >= 15 is 0 Å². The average Bonchev–Trinajstić information content (AvgIpc) is 2.95. The molecule has 0 unspecified atom stereocenters. The lowest BCUT2D eigenvalue weighted by Crippen LogP contribution is -2.32. The van der Waals surface area contributed by atoms with Crippen LogP contribution in [0.3, 0.4) is 0 Å². The Morgan fingerprint density at radius 2 is 2.04 bits per heavy atom. The Bertz CT molecular complexity index is 757. The number of anilines is 2. The second kappa shape index (κ2) is 8.52. The number of hydrogen-bond acceptors (Lipinski definition) is 7. The molecule has 0 bridgehead atoms. The van der Waals surface area contributed by atoms with Crippen LogP contribution in [0.15, 0.2) is 22.5 Å². The summed E-state index contributed by atoms with van der Waals surface area (Å²) in [7, 11) is 0. The number of urea groups is 1. The molecule has 2 rings (SSSR count). The normalized spacial score (nSPS) is 11.8. The van der Waals surface area contributed by atoms with Crippen molar-refractivity contribution in [2.24, 2.45) is 0 Å². The standard InChI is InChI=1S/C13H12Cl2N4O3S2/c1-2-9(10(20)21)23-13-19-18-12(24-13)17-11(22)16-6-3-4-7(14)8(15)5-6/h3-5,9H,2H2,1H3,(H,20,21)(H2,16,17,18,22)/p-1/t9-/m0/s1. The van der Waals surface area contributed by atoms with Gasteiger partial charge in [0, 0.05) is 5.69 Å². The van der Waals surface area contributed by atoms with Gasteiger partial charge in [-0.3, -0.25) is 5.32 Å². The zero-order valence-corrected chi connectivity index (χ0v) is 15.4. The molecule has 0 aliphatic carbocycles. The number of carboxylic acid groups (broad SMARTS) is 1. The summed E-state index contributed by atoms with van der Waals surface area (Å²) in [6.45, 7) is 1.73. The van der Waals surface area contributed by atoms with Crippen LogP contribution in [0.2, 0.25) is 10.0 Å². The number of halogens is 2. The molecule has 2 aromatic rings. The Morgan fingerprint density at radius 1 is 1.29 bits per heavy atom. The molecule has 2 amide bonds. The van der Waals surface area contributed by atoms with Crippen LogP contribution in [-0.4, -0.2) is 27.4 Å². The van der Waals surface area contributed by atoms with E-state index in [1.54, 1.807) is 19.1 Å². The predicted molar refractivity (Wildman–Crippen MR) is 94.0 cm³/mol. The molecule has 0 radical (unpaired) electrons. The summed E-state index contributed by atoms with van der Waals surface area (Å²) >= 11 is 13.8. The highest BCUT2D eigenvalue weighted by molar-refractivity contribution is 8.02. The maximum atomic E-state index is 11.9. The molecule has 128 valence electrons. The molecule has 7 nitrogen and oxygen atoms in total. The van der Waals surface area contributed by atoms with Crippen molar-refractivity contribution in [1.82, 2.24) is 10.2 Å². The van der Waals surface area contributed by atoms with Crippen LogP contribution in [0.4, 0.5) is 15.6 Å². The Kier molecular flexibility index (Phi) is 6.67. The van der Waals surface area contributed by atoms with Gasteiger partial charge in [-0.25, -0.2) is 4.79 Å². The summed E-state index contributed by atoms with van der Waals surface area (Å²) in [6.07, 6.45) is 0.396. The molecule has 0 saturated heterocycles. The zero-order valence-electron chi connectivity index (χ0n) is 12.2. The monoisotopic (exact) mass is 405 g/mol. The van der Waals surface area contributed by atoms with Crippen LogP contribution >= 0.6 is 46.3 Å². The fourth-order valence-electron chi connectivity index (χ4n) is 1.56. The van der Waals surface area contributed by atoms with Crippen LogP contribution in [0, 0.1) is 0 Å². The first-order valence-electron chi connectivity index (χ1n) is 6.63. The smallest absolute Gasteiger partial charge is 0.325 e. The molecule has 1 aromatic carbocycles. The van der Waals surface area contributed by atoms with E-state index in [0.29, 0.717) is 26.5 Å². The van der Waals surface area contributed by atoms with E-state index in [-0.39, 0.29) is 5.13 Å². The van der Waals surface area contributed by atoms with Gasteiger partial charge in [-0.2, -0.15) is 0 Å². The van der Waals surface area contributed by atoms with E-state index in [1.165, 1.54) is 6.07 Å². The number of aromatic nitrogens is 2. The number of nitrogens with one attached hydrogen (secondary N) is 2. The van der Waals surface area contributed by atoms with E-state index < -0.39 is 17.3 Å². The molecular weight excluding hydrogens is 395 g/mol. The summed E-state index contributed by atoms with van der Waals surface area (Å²) in [5.41, 5.74) is 0.462. The number of nitrogens with zero attached hydrogens (tertiary/aromatic N) is 2. The van der Waals surface area contributed by atoms with Crippen LogP contribution < -0.4 is 15.7 Å². The molecule has 0 saturated carbocycles. The van der Waals surface area contributed by atoms with Crippen LogP contribution in [0.25, 0.3) is 0 Å². The first-order chi connectivity index (χ1) is 11.4. The van der Waals surface area contributed by atoms with Gasteiger partial charge in [0.05, 0.1) is 21.3 Å². The molecule has 0 spiro atoms. The molecule has 1 heterocycles. The highest BCUT2D eigenvalue weighted by atomic mass is 35.5. The van der Waals surface area contributed by atoms with Gasteiger partial charge in [-0.05, 0) is 24.6 Å². The average molecular weight is 406 g/mol. The second-order valence-corrected chi connectivity index (χ2v) is 7.66. The Balaban J connectivity index is 1.95. The predicted octanol–water partition coefficient (Wildman–Crippen LogP) is 3.11. The quantitative estimate of drug-likeness (QED) is 0.564. The number of hydrogen-bond donors (Lipinski definition) is 2. The highest BCUT2D eigenvalue weighted by Crippen LogP contribution is 2.30. The number of rotatable bonds is 6. The third-order valence-corrected chi connectivity index (χ3v) is 5.69. The van der Waals surface area contributed by atoms with Gasteiger partial charge in [0.15, 0.2) is 4.34 Å². The first-order valence-corrected chi connectivity index (χ1v) is 9.08. The molecule has 0 aliphatic heterocycles. The molecule has 0 aliphatic rings. The van der Waals surface area contributed by atoms with Crippen LogP contribution in [0.1, 0.15) is 13.3 Å². The minimum atomic E-state index is -1.16. The van der Waals surface area contributed by atoms with Crippen molar-refractivity contribution in [1.29, 1.82) is 0 Å². The van der Waals surface area contributed by atoms with Crippen molar-refractivity contribution in [3.8, 4) is 0 Å². The van der Waals surface area contributed by atoms with Crippen molar-refractivity contribution >= 4 is 69.1 Å². The summed E-state index contributed by atoms with van der Waals surface area (Å²) in [5, 5.41) is 23.8. The zero-order chi connectivity index (χ0) is 17.7. The lowest BCUT2D eigenvalue weighted by atomic mass is 10.3. The number of carbonyl (C=O) groups excluding carboxylic acids is 2. The number of thioether (sulfide) groups is 1. The number of aliphatic carboxylic acids is 1. The Hall–Kier alpha value is -1.55. The summed E-state index contributed by atoms with van der Waals surface area (Å²) in [5.74, 6) is -1.16. The van der Waals surface area contributed by atoms with Gasteiger partial charge in [0.1, 0.15) is 0 Å². The third kappa shape index (κ3) is 5.23. The summed E-state index contributed by atoms with van der Waals surface area (Å²) < 4.78 is 0.427. The molecular formula is C13H11Cl2N4O3S2-. The van der Waals surface area contributed by atoms with Crippen molar-refractivity contribution in [3.05, 3.63) is 28.2 Å². The number of carbonyl (C=O) groups is 2. The molecule has 11 heteroatoms. The van der Waals surface area contributed by atoms with Crippen molar-refractivity contribution in [2.45, 2.75) is 22.9 Å². The SMILES string of the molecule is CC[C@H](Sc1nnc(NC(=O)Nc2ccc(Cl)c(Cl)c2)s1)C(=O)[O-]. The van der Waals surface area contributed by atoms with E-state index in [4.69, 9.17) is 23.2 Å². The molecule has 0 fully saturated rings. The van der Waals surface area contributed by atoms with E-state index in [9.17, 15) is 14.7 Å². The lowest BCUT2D eigenvalue weighted by molar-refractivity contribution is -0.304. The largest absolute Gasteiger partial charge is 0.549 e. The first kappa shape index (κ1) is 18.8. The maximum Gasteiger partial charge on any atom is 0.325 e. The van der Waals surface area contributed by atoms with E-state index in [0.717, 1.165) is 23.1 Å². The van der Waals surface area contributed by atoms with Gasteiger partial charge in [0.25, 0.3) is 0 Å². The van der Waals surface area contributed by atoms with Gasteiger partial charge >= 0.3 is 6.03 Å². The summed E-state index contributed by atoms with van der Waals surface area (Å²) in [6, 6.07) is 4.13.